The van der Waals surface area contributed by atoms with Crippen LogP contribution in [0.25, 0.3) is 0 Å². The molecule has 1 fully saturated rings. The van der Waals surface area contributed by atoms with E-state index in [1.807, 2.05) is 36.5 Å². The van der Waals surface area contributed by atoms with Gasteiger partial charge in [0.15, 0.2) is 0 Å². The summed E-state index contributed by atoms with van der Waals surface area (Å²) in [6.45, 7) is 1.53. The molecule has 2 aromatic heterocycles. The van der Waals surface area contributed by atoms with Crippen molar-refractivity contribution in [2.75, 3.05) is 6.54 Å². The summed E-state index contributed by atoms with van der Waals surface area (Å²) in [7, 11) is -3.58. The molecule has 1 saturated heterocycles. The maximum Gasteiger partial charge on any atom is 0.267 e. The average molecular weight is 367 g/mol. The number of nitrogens with zero attached hydrogens (tertiary/aromatic N) is 3. The Hall–Kier alpha value is -2.44. The van der Waals surface area contributed by atoms with E-state index in [4.69, 9.17) is 0 Å². The molecule has 0 N–H and O–H groups in total. The van der Waals surface area contributed by atoms with Gasteiger partial charge in [0.1, 0.15) is 0 Å². The van der Waals surface area contributed by atoms with Gasteiger partial charge < -0.3 is 0 Å². The van der Waals surface area contributed by atoms with E-state index in [0.717, 1.165) is 30.8 Å². The van der Waals surface area contributed by atoms with Crippen molar-refractivity contribution < 1.29 is 8.42 Å². The first-order valence-electron chi connectivity index (χ1n) is 8.78. The lowest BCUT2D eigenvalue weighted by atomic mass is 10.1. The minimum absolute atomic E-state index is 0.235. The number of aromatic nitrogens is 2. The second-order valence-corrected chi connectivity index (χ2v) is 8.31. The lowest BCUT2D eigenvalue weighted by molar-refractivity contribution is 0.241. The zero-order valence-electron chi connectivity index (χ0n) is 14.4. The molecule has 6 heteroatoms. The Morgan fingerprint density at radius 1 is 1.00 bits per heavy atom. The summed E-state index contributed by atoms with van der Waals surface area (Å²) in [5.41, 5.74) is 1.82. The third kappa shape index (κ3) is 3.18. The van der Waals surface area contributed by atoms with Crippen LogP contribution in [-0.4, -0.2) is 28.8 Å². The predicted octanol–water partition coefficient (Wildman–Crippen LogP) is 3.46. The highest BCUT2D eigenvalue weighted by Gasteiger charge is 2.28. The van der Waals surface area contributed by atoms with Crippen molar-refractivity contribution >= 4 is 10.0 Å². The van der Waals surface area contributed by atoms with Gasteiger partial charge in [-0.3, -0.25) is 9.88 Å². The van der Waals surface area contributed by atoms with Crippen LogP contribution in [0.15, 0.2) is 78.0 Å². The molecule has 0 saturated carbocycles. The number of benzene rings is 1. The summed E-state index contributed by atoms with van der Waals surface area (Å²) in [5, 5.41) is 0. The summed E-state index contributed by atoms with van der Waals surface area (Å²) in [5.74, 6) is 0. The zero-order valence-corrected chi connectivity index (χ0v) is 15.2. The second-order valence-electron chi connectivity index (χ2n) is 6.50. The van der Waals surface area contributed by atoms with Gasteiger partial charge in [0.25, 0.3) is 10.0 Å². The molecule has 0 aliphatic carbocycles. The number of pyridine rings is 1. The van der Waals surface area contributed by atoms with Gasteiger partial charge in [-0.25, -0.2) is 12.4 Å². The summed E-state index contributed by atoms with van der Waals surface area (Å²) in [4.78, 5) is 7.11. The molecule has 4 rings (SSSR count). The van der Waals surface area contributed by atoms with Crippen molar-refractivity contribution in [3.05, 3.63) is 84.4 Å². The van der Waals surface area contributed by atoms with E-state index in [1.54, 1.807) is 36.5 Å². The first-order chi connectivity index (χ1) is 12.7. The minimum Gasteiger partial charge on any atom is -0.289 e. The van der Waals surface area contributed by atoms with Crippen molar-refractivity contribution in [1.29, 1.82) is 0 Å². The minimum atomic E-state index is -3.58. The number of rotatable bonds is 5. The van der Waals surface area contributed by atoms with Crippen molar-refractivity contribution in [2.24, 2.45) is 0 Å². The molecule has 0 amide bonds. The van der Waals surface area contributed by atoms with E-state index in [1.165, 1.54) is 3.97 Å². The molecule has 134 valence electrons. The third-order valence-electron chi connectivity index (χ3n) is 4.85. The lowest BCUT2D eigenvalue weighted by Crippen LogP contribution is -2.26. The van der Waals surface area contributed by atoms with E-state index in [-0.39, 0.29) is 6.04 Å². The van der Waals surface area contributed by atoms with Crippen LogP contribution in [0, 0.1) is 0 Å². The fourth-order valence-electron chi connectivity index (χ4n) is 3.60. The van der Waals surface area contributed by atoms with Gasteiger partial charge >= 0.3 is 0 Å². The van der Waals surface area contributed by atoms with Crippen LogP contribution in [0.3, 0.4) is 0 Å². The van der Waals surface area contributed by atoms with Crippen LogP contribution in [-0.2, 0) is 16.6 Å². The van der Waals surface area contributed by atoms with E-state index in [0.29, 0.717) is 11.4 Å². The molecule has 3 aromatic rings. The van der Waals surface area contributed by atoms with E-state index < -0.39 is 10.0 Å². The Morgan fingerprint density at radius 3 is 2.58 bits per heavy atom. The topological polar surface area (TPSA) is 55.2 Å². The zero-order chi connectivity index (χ0) is 18.0. The maximum absolute atomic E-state index is 13.0. The summed E-state index contributed by atoms with van der Waals surface area (Å²) in [6.07, 6.45) is 5.58. The van der Waals surface area contributed by atoms with Crippen LogP contribution < -0.4 is 0 Å². The Labute approximate surface area is 154 Å². The molecule has 0 spiro atoms. The molecule has 26 heavy (non-hydrogen) atoms. The van der Waals surface area contributed by atoms with Crippen molar-refractivity contribution in [2.45, 2.75) is 30.3 Å². The van der Waals surface area contributed by atoms with Crippen molar-refractivity contribution in [3.63, 3.8) is 0 Å². The maximum atomic E-state index is 13.0. The highest BCUT2D eigenvalue weighted by atomic mass is 32.2. The van der Waals surface area contributed by atoms with Crippen LogP contribution in [0.4, 0.5) is 0 Å². The van der Waals surface area contributed by atoms with Crippen LogP contribution in [0.2, 0.25) is 0 Å². The van der Waals surface area contributed by atoms with Crippen LogP contribution >= 0.6 is 0 Å². The quantitative estimate of drug-likeness (QED) is 0.693. The fourth-order valence-corrected chi connectivity index (χ4v) is 4.98. The first kappa shape index (κ1) is 17.0. The standard InChI is InChI=1S/C20H21N3O2S/c24-26(25,18-9-2-1-3-10-18)23-15-6-8-17(23)16-22-14-7-12-20(22)19-11-4-5-13-21-19/h1-6,8-11,13,15,20H,7,12,14,16H2/t20-/m1/s1. The Kier molecular flexibility index (Phi) is 4.61. The van der Waals surface area contributed by atoms with Crippen molar-refractivity contribution in [3.8, 4) is 0 Å². The van der Waals surface area contributed by atoms with Gasteiger partial charge in [-0.05, 0) is 55.8 Å². The Bertz CT molecular complexity index is 969. The summed E-state index contributed by atoms with van der Waals surface area (Å²) < 4.78 is 27.3. The lowest BCUT2D eigenvalue weighted by Gasteiger charge is -2.24. The third-order valence-corrected chi connectivity index (χ3v) is 6.59. The Balaban J connectivity index is 1.62. The largest absolute Gasteiger partial charge is 0.289 e. The first-order valence-corrected chi connectivity index (χ1v) is 10.2. The molecular formula is C20H21N3O2S. The monoisotopic (exact) mass is 367 g/mol. The van der Waals surface area contributed by atoms with Gasteiger partial charge in [0.2, 0.25) is 0 Å². The van der Waals surface area contributed by atoms with E-state index in [2.05, 4.69) is 9.88 Å². The normalized spacial score (nSPS) is 18.2. The molecular weight excluding hydrogens is 346 g/mol. The van der Waals surface area contributed by atoms with E-state index >= 15 is 0 Å². The molecule has 0 unspecified atom stereocenters. The van der Waals surface area contributed by atoms with Gasteiger partial charge in [-0.15, -0.1) is 0 Å². The summed E-state index contributed by atoms with van der Waals surface area (Å²) >= 11 is 0. The predicted molar refractivity (Wildman–Crippen MR) is 100 cm³/mol. The fraction of sp³-hybridized carbons (Fsp3) is 0.250. The molecule has 1 aliphatic heterocycles. The van der Waals surface area contributed by atoms with Gasteiger partial charge in [0.05, 0.1) is 16.6 Å². The second kappa shape index (κ2) is 7.05. The Morgan fingerprint density at radius 2 is 1.81 bits per heavy atom. The van der Waals surface area contributed by atoms with Gasteiger partial charge in [-0.2, -0.15) is 0 Å². The van der Waals surface area contributed by atoms with Gasteiger partial charge in [0, 0.05) is 24.6 Å². The number of likely N-dealkylation sites (tertiary alicyclic amines) is 1. The molecule has 1 aromatic carbocycles. The molecule has 3 heterocycles. The summed E-state index contributed by atoms with van der Waals surface area (Å²) in [6, 6.07) is 18.4. The highest BCUT2D eigenvalue weighted by Crippen LogP contribution is 2.32. The van der Waals surface area contributed by atoms with Crippen LogP contribution in [0.1, 0.15) is 30.3 Å². The number of hydrogen-bond acceptors (Lipinski definition) is 4. The SMILES string of the molecule is O=S(=O)(c1ccccc1)n1cccc1CN1CCC[C@@H]1c1ccccn1. The molecule has 5 nitrogen and oxygen atoms in total. The average Bonchev–Trinajstić information content (AvgIpc) is 3.33. The van der Waals surface area contributed by atoms with Gasteiger partial charge in [-0.1, -0.05) is 24.3 Å². The van der Waals surface area contributed by atoms with Crippen molar-refractivity contribution in [1.82, 2.24) is 13.9 Å². The molecule has 1 aliphatic rings. The molecule has 1 atom stereocenters. The molecule has 0 bridgehead atoms. The van der Waals surface area contributed by atoms with Crippen LogP contribution in [0.5, 0.6) is 0 Å². The number of hydrogen-bond donors (Lipinski definition) is 0. The smallest absolute Gasteiger partial charge is 0.267 e. The van der Waals surface area contributed by atoms with E-state index in [9.17, 15) is 8.42 Å². The highest BCUT2D eigenvalue weighted by molar-refractivity contribution is 7.90. The molecule has 0 radical (unpaired) electrons.